The summed E-state index contributed by atoms with van der Waals surface area (Å²) in [7, 11) is 0. The predicted octanol–water partition coefficient (Wildman–Crippen LogP) is 5.02. The van der Waals surface area contributed by atoms with E-state index in [9.17, 15) is 0 Å². The summed E-state index contributed by atoms with van der Waals surface area (Å²) in [5.41, 5.74) is 5.76. The van der Waals surface area contributed by atoms with Gasteiger partial charge in [-0.2, -0.15) is 4.68 Å². The molecule has 0 aliphatic carbocycles. The molecule has 0 amide bonds. The van der Waals surface area contributed by atoms with Gasteiger partial charge in [0.1, 0.15) is 13.1 Å². The van der Waals surface area contributed by atoms with E-state index in [-0.39, 0.29) is 0 Å². The first-order valence-corrected chi connectivity index (χ1v) is 12.2. The average molecular weight is 479 g/mol. The molecule has 0 fully saturated rings. The summed E-state index contributed by atoms with van der Waals surface area (Å²) < 4.78 is 4.74. The molecular formula is C29H28N5S+. The third kappa shape index (κ3) is 5.29. The minimum atomic E-state index is 0.652. The predicted molar refractivity (Wildman–Crippen MR) is 142 cm³/mol. The Kier molecular flexibility index (Phi) is 6.93. The number of rotatable bonds is 8. The van der Waals surface area contributed by atoms with Crippen molar-refractivity contribution in [3.8, 4) is 17.1 Å². The Morgan fingerprint density at radius 2 is 1.31 bits per heavy atom. The lowest BCUT2D eigenvalue weighted by Crippen LogP contribution is -3.08. The lowest BCUT2D eigenvalue weighted by atomic mass is 10.2. The van der Waals surface area contributed by atoms with Crippen LogP contribution in [0.2, 0.25) is 0 Å². The molecule has 0 saturated heterocycles. The number of para-hydroxylation sites is 1. The van der Waals surface area contributed by atoms with Crippen molar-refractivity contribution in [3.63, 3.8) is 0 Å². The molecule has 5 rings (SSSR count). The largest absolute Gasteiger partial charge is 0.309 e. The molecule has 0 saturated carbocycles. The van der Waals surface area contributed by atoms with Crippen molar-refractivity contribution >= 4 is 12.2 Å². The molecule has 0 bridgehead atoms. The number of aromatic nitrogens is 4. The molecule has 0 atom stereocenters. The Hall–Kier alpha value is -3.87. The van der Waals surface area contributed by atoms with Crippen molar-refractivity contribution in [1.29, 1.82) is 0 Å². The molecule has 0 aliphatic rings. The third-order valence-corrected chi connectivity index (χ3v) is 6.49. The maximum atomic E-state index is 6.04. The molecule has 2 aromatic heterocycles. The normalized spacial score (nSPS) is 11.1. The van der Waals surface area contributed by atoms with E-state index in [1.165, 1.54) is 16.0 Å². The molecule has 5 nitrogen and oxygen atoms in total. The van der Waals surface area contributed by atoms with E-state index in [0.717, 1.165) is 35.7 Å². The summed E-state index contributed by atoms with van der Waals surface area (Å²) in [6.45, 7) is 4.51. The minimum absolute atomic E-state index is 0.652. The van der Waals surface area contributed by atoms with Crippen LogP contribution in [0.4, 0.5) is 0 Å². The molecular weight excluding hydrogens is 450 g/mol. The molecule has 35 heavy (non-hydrogen) atoms. The first kappa shape index (κ1) is 22.9. The van der Waals surface area contributed by atoms with Gasteiger partial charge in [-0.15, -0.1) is 5.10 Å². The van der Waals surface area contributed by atoms with Crippen LogP contribution in [0.15, 0.2) is 109 Å². The highest BCUT2D eigenvalue weighted by atomic mass is 32.1. The standard InChI is InChI=1S/C29H27N5S/c1-23-10-8-9-15-27(23)34-28(26-16-18-30-19-17-26)31-33(29(34)35)22-32(20-24-11-4-2-5-12-24)21-25-13-6-3-7-14-25/h2-19H,20-22H2,1H3/p+1. The highest BCUT2D eigenvalue weighted by molar-refractivity contribution is 7.71. The van der Waals surface area contributed by atoms with E-state index in [2.05, 4.69) is 89.3 Å². The Balaban J connectivity index is 1.56. The number of pyridine rings is 1. The van der Waals surface area contributed by atoms with Crippen LogP contribution in [-0.4, -0.2) is 19.3 Å². The smallest absolute Gasteiger partial charge is 0.207 e. The Morgan fingerprint density at radius 3 is 1.91 bits per heavy atom. The SMILES string of the molecule is Cc1ccccc1-n1c(-c2ccncc2)nn(C[NH+](Cc2ccccc2)Cc2ccccc2)c1=S. The van der Waals surface area contributed by atoms with E-state index < -0.39 is 0 Å². The van der Waals surface area contributed by atoms with Gasteiger partial charge in [-0.25, -0.2) is 0 Å². The number of benzene rings is 3. The van der Waals surface area contributed by atoms with Gasteiger partial charge >= 0.3 is 0 Å². The Bertz CT molecular complexity index is 1400. The van der Waals surface area contributed by atoms with E-state index in [1.54, 1.807) is 12.4 Å². The second-order valence-corrected chi connectivity index (χ2v) is 9.06. The highest BCUT2D eigenvalue weighted by Crippen LogP contribution is 2.24. The highest BCUT2D eigenvalue weighted by Gasteiger charge is 2.19. The van der Waals surface area contributed by atoms with Crippen LogP contribution in [-0.2, 0) is 19.8 Å². The zero-order valence-electron chi connectivity index (χ0n) is 19.7. The van der Waals surface area contributed by atoms with Crippen LogP contribution in [0.1, 0.15) is 16.7 Å². The molecule has 0 spiro atoms. The number of nitrogens with one attached hydrogen (secondary N) is 1. The molecule has 174 valence electrons. The van der Waals surface area contributed by atoms with Gasteiger partial charge < -0.3 is 4.90 Å². The van der Waals surface area contributed by atoms with Crippen LogP contribution >= 0.6 is 12.2 Å². The molecule has 0 unspecified atom stereocenters. The molecule has 6 heteroatoms. The van der Waals surface area contributed by atoms with Crippen molar-refractivity contribution in [3.05, 3.63) is 131 Å². The van der Waals surface area contributed by atoms with Gasteiger partial charge in [-0.1, -0.05) is 78.9 Å². The number of nitrogens with zero attached hydrogens (tertiary/aromatic N) is 4. The van der Waals surface area contributed by atoms with E-state index in [0.29, 0.717) is 11.4 Å². The fourth-order valence-electron chi connectivity index (χ4n) is 4.39. The van der Waals surface area contributed by atoms with Gasteiger partial charge in [0, 0.05) is 29.1 Å². The summed E-state index contributed by atoms with van der Waals surface area (Å²) in [6.07, 6.45) is 3.59. The molecule has 1 N–H and O–H groups in total. The maximum Gasteiger partial charge on any atom is 0.207 e. The Morgan fingerprint density at radius 1 is 0.743 bits per heavy atom. The summed E-state index contributed by atoms with van der Waals surface area (Å²) in [6, 6.07) is 33.5. The molecule has 5 aromatic rings. The van der Waals surface area contributed by atoms with Crippen molar-refractivity contribution in [2.75, 3.05) is 0 Å². The number of hydrogen-bond acceptors (Lipinski definition) is 3. The van der Waals surface area contributed by atoms with Crippen LogP contribution in [0.25, 0.3) is 17.1 Å². The second-order valence-electron chi connectivity index (χ2n) is 8.70. The Labute approximate surface area is 210 Å². The first-order valence-electron chi connectivity index (χ1n) is 11.8. The van der Waals surface area contributed by atoms with E-state index in [1.807, 2.05) is 28.9 Å². The summed E-state index contributed by atoms with van der Waals surface area (Å²) in [5.74, 6) is 0.825. The van der Waals surface area contributed by atoms with E-state index in [4.69, 9.17) is 17.3 Å². The van der Waals surface area contributed by atoms with Crippen molar-refractivity contribution < 1.29 is 4.90 Å². The van der Waals surface area contributed by atoms with Crippen molar-refractivity contribution in [1.82, 2.24) is 19.3 Å². The first-order chi connectivity index (χ1) is 17.2. The van der Waals surface area contributed by atoms with Gasteiger partial charge in [-0.05, 0) is 42.9 Å². The van der Waals surface area contributed by atoms with E-state index >= 15 is 0 Å². The van der Waals surface area contributed by atoms with Gasteiger partial charge in [0.2, 0.25) is 4.77 Å². The summed E-state index contributed by atoms with van der Waals surface area (Å²) >= 11 is 6.04. The monoisotopic (exact) mass is 478 g/mol. The number of aryl methyl sites for hydroxylation is 1. The van der Waals surface area contributed by atoms with Crippen LogP contribution in [0.3, 0.4) is 0 Å². The molecule has 2 heterocycles. The average Bonchev–Trinajstić information content (AvgIpc) is 3.21. The van der Waals surface area contributed by atoms with Crippen LogP contribution in [0, 0.1) is 11.7 Å². The fourth-order valence-corrected chi connectivity index (χ4v) is 4.68. The topological polar surface area (TPSA) is 40.1 Å². The van der Waals surface area contributed by atoms with Gasteiger partial charge in [0.15, 0.2) is 12.5 Å². The number of quaternary nitrogens is 1. The molecule has 0 radical (unpaired) electrons. The summed E-state index contributed by atoms with van der Waals surface area (Å²) in [4.78, 5) is 5.54. The zero-order valence-corrected chi connectivity index (χ0v) is 20.5. The maximum absolute atomic E-state index is 6.04. The van der Waals surface area contributed by atoms with Crippen LogP contribution in [0.5, 0.6) is 0 Å². The lowest BCUT2D eigenvalue weighted by Gasteiger charge is -2.19. The lowest BCUT2D eigenvalue weighted by molar-refractivity contribution is -0.950. The van der Waals surface area contributed by atoms with Crippen LogP contribution < -0.4 is 4.90 Å². The molecule has 0 aliphatic heterocycles. The second kappa shape index (κ2) is 10.6. The number of hydrogen-bond donors (Lipinski definition) is 1. The summed E-state index contributed by atoms with van der Waals surface area (Å²) in [5, 5.41) is 5.05. The minimum Gasteiger partial charge on any atom is -0.309 e. The third-order valence-electron chi connectivity index (χ3n) is 6.10. The van der Waals surface area contributed by atoms with Crippen molar-refractivity contribution in [2.45, 2.75) is 26.7 Å². The zero-order chi connectivity index (χ0) is 24.0. The van der Waals surface area contributed by atoms with Gasteiger partial charge in [0.25, 0.3) is 0 Å². The van der Waals surface area contributed by atoms with Crippen molar-refractivity contribution in [2.24, 2.45) is 0 Å². The fraction of sp³-hybridized carbons (Fsp3) is 0.138. The van der Waals surface area contributed by atoms with Gasteiger partial charge in [-0.3, -0.25) is 9.55 Å². The quantitative estimate of drug-likeness (QED) is 0.319. The molecule has 3 aromatic carbocycles. The van der Waals surface area contributed by atoms with Gasteiger partial charge in [0.05, 0.1) is 5.69 Å².